The van der Waals surface area contributed by atoms with Crippen molar-refractivity contribution in [1.82, 2.24) is 5.32 Å². The number of esters is 1. The van der Waals surface area contributed by atoms with E-state index in [1.807, 2.05) is 43.3 Å². The van der Waals surface area contributed by atoms with Gasteiger partial charge in [-0.05, 0) is 43.2 Å². The summed E-state index contributed by atoms with van der Waals surface area (Å²) < 4.78 is 15.8. The zero-order valence-corrected chi connectivity index (χ0v) is 16.0. The lowest BCUT2D eigenvalue weighted by atomic mass is 10.2. The number of aryl methyl sites for hydroxylation is 1. The third kappa shape index (κ3) is 5.17. The number of ether oxygens (including phenoxy) is 3. The van der Waals surface area contributed by atoms with Gasteiger partial charge < -0.3 is 19.5 Å². The SMILES string of the molecule is Cc1ccccc1SCC(=O)O[C@@H](C)C(=O)NCc1ccc2c(c1)OCO2. The molecule has 142 valence electrons. The van der Waals surface area contributed by atoms with E-state index in [1.165, 1.54) is 11.8 Å². The average Bonchev–Trinajstić information content (AvgIpc) is 3.13. The number of fused-ring (bicyclic) bond motifs is 1. The van der Waals surface area contributed by atoms with Crippen LogP contribution in [0.1, 0.15) is 18.1 Å². The molecule has 6 nitrogen and oxygen atoms in total. The van der Waals surface area contributed by atoms with Gasteiger partial charge in [0.25, 0.3) is 5.91 Å². The first-order valence-corrected chi connectivity index (χ1v) is 9.55. The number of nitrogens with one attached hydrogen (secondary N) is 1. The van der Waals surface area contributed by atoms with E-state index in [0.29, 0.717) is 18.0 Å². The molecule has 27 heavy (non-hydrogen) atoms. The average molecular weight is 387 g/mol. The topological polar surface area (TPSA) is 73.9 Å². The highest BCUT2D eigenvalue weighted by molar-refractivity contribution is 8.00. The van der Waals surface area contributed by atoms with Crippen molar-refractivity contribution in [1.29, 1.82) is 0 Å². The van der Waals surface area contributed by atoms with Crippen LogP contribution < -0.4 is 14.8 Å². The number of amides is 1. The zero-order valence-electron chi connectivity index (χ0n) is 15.2. The fraction of sp³-hybridized carbons (Fsp3) is 0.300. The van der Waals surface area contributed by atoms with E-state index < -0.39 is 12.1 Å². The second kappa shape index (κ2) is 8.81. The number of hydrogen-bond donors (Lipinski definition) is 1. The molecule has 2 aromatic carbocycles. The van der Waals surface area contributed by atoms with Crippen molar-refractivity contribution in [2.45, 2.75) is 31.4 Å². The van der Waals surface area contributed by atoms with Crippen molar-refractivity contribution in [3.63, 3.8) is 0 Å². The lowest BCUT2D eigenvalue weighted by Gasteiger charge is -2.14. The highest BCUT2D eigenvalue weighted by Gasteiger charge is 2.19. The zero-order chi connectivity index (χ0) is 19.2. The van der Waals surface area contributed by atoms with Crippen molar-refractivity contribution >= 4 is 23.6 Å². The highest BCUT2D eigenvalue weighted by Crippen LogP contribution is 2.32. The number of rotatable bonds is 7. The quantitative estimate of drug-likeness (QED) is 0.581. The molecule has 3 rings (SSSR count). The van der Waals surface area contributed by atoms with E-state index in [4.69, 9.17) is 14.2 Å². The number of carbonyl (C=O) groups excluding carboxylic acids is 2. The molecule has 1 amide bonds. The highest BCUT2D eigenvalue weighted by atomic mass is 32.2. The smallest absolute Gasteiger partial charge is 0.317 e. The fourth-order valence-electron chi connectivity index (χ4n) is 2.52. The first kappa shape index (κ1) is 19.1. The normalized spacial score (nSPS) is 13.1. The fourth-order valence-corrected chi connectivity index (χ4v) is 3.34. The monoisotopic (exact) mass is 387 g/mol. The van der Waals surface area contributed by atoms with E-state index in [0.717, 1.165) is 16.0 Å². The van der Waals surface area contributed by atoms with Crippen LogP contribution in [-0.4, -0.2) is 30.5 Å². The Hall–Kier alpha value is -2.67. The van der Waals surface area contributed by atoms with E-state index in [9.17, 15) is 9.59 Å². The predicted molar refractivity (Wildman–Crippen MR) is 102 cm³/mol. The summed E-state index contributed by atoms with van der Waals surface area (Å²) in [5, 5.41) is 2.76. The van der Waals surface area contributed by atoms with Crippen LogP contribution in [0.2, 0.25) is 0 Å². The van der Waals surface area contributed by atoms with Crippen LogP contribution in [0.3, 0.4) is 0 Å². The third-order valence-corrected chi connectivity index (χ3v) is 5.17. The number of thioether (sulfide) groups is 1. The molecular formula is C20H21NO5S. The van der Waals surface area contributed by atoms with Crippen LogP contribution >= 0.6 is 11.8 Å². The Morgan fingerprint density at radius 1 is 1.19 bits per heavy atom. The van der Waals surface area contributed by atoms with Gasteiger partial charge in [0.15, 0.2) is 17.6 Å². The van der Waals surface area contributed by atoms with E-state index in [2.05, 4.69) is 5.32 Å². The minimum atomic E-state index is -0.857. The molecule has 1 aliphatic heterocycles. The van der Waals surface area contributed by atoms with Crippen LogP contribution in [0.25, 0.3) is 0 Å². The number of benzene rings is 2. The number of carbonyl (C=O) groups is 2. The van der Waals surface area contributed by atoms with E-state index in [-0.39, 0.29) is 18.5 Å². The summed E-state index contributed by atoms with van der Waals surface area (Å²) in [5.74, 6) is 0.744. The Bertz CT molecular complexity index is 839. The van der Waals surface area contributed by atoms with Crippen LogP contribution in [0.15, 0.2) is 47.4 Å². The predicted octanol–water partition coefficient (Wildman–Crippen LogP) is 3.06. The Labute approximate surface area is 162 Å². The van der Waals surface area contributed by atoms with Crippen LogP contribution in [-0.2, 0) is 20.9 Å². The molecule has 0 fully saturated rings. The maximum atomic E-state index is 12.2. The van der Waals surface area contributed by atoms with E-state index in [1.54, 1.807) is 13.0 Å². The molecule has 1 atom stereocenters. The van der Waals surface area contributed by atoms with Gasteiger partial charge in [-0.2, -0.15) is 0 Å². The standard InChI is InChI=1S/C20H21NO5S/c1-13-5-3-4-6-18(13)27-11-19(22)26-14(2)20(23)21-10-15-7-8-16-17(9-15)25-12-24-16/h3-9,14H,10-12H2,1-2H3,(H,21,23)/t14-/m0/s1. The van der Waals surface area contributed by atoms with Gasteiger partial charge in [-0.1, -0.05) is 24.3 Å². The van der Waals surface area contributed by atoms with Crippen molar-refractivity contribution in [3.05, 3.63) is 53.6 Å². The molecule has 7 heteroatoms. The maximum Gasteiger partial charge on any atom is 0.317 e. The molecular weight excluding hydrogens is 366 g/mol. The summed E-state index contributed by atoms with van der Waals surface area (Å²) in [7, 11) is 0. The molecule has 1 aliphatic rings. The second-order valence-corrected chi connectivity index (χ2v) is 7.11. The van der Waals surface area contributed by atoms with Crippen LogP contribution in [0, 0.1) is 6.92 Å². The Kier molecular flexibility index (Phi) is 6.24. The third-order valence-electron chi connectivity index (χ3n) is 4.02. The van der Waals surface area contributed by atoms with E-state index >= 15 is 0 Å². The summed E-state index contributed by atoms with van der Waals surface area (Å²) in [5.41, 5.74) is 1.98. The van der Waals surface area contributed by atoms with Crippen molar-refractivity contribution < 1.29 is 23.8 Å². The molecule has 0 spiro atoms. The molecule has 0 unspecified atom stereocenters. The maximum absolute atomic E-state index is 12.2. The van der Waals surface area contributed by atoms with Gasteiger partial charge >= 0.3 is 5.97 Å². The van der Waals surface area contributed by atoms with Crippen LogP contribution in [0.4, 0.5) is 0 Å². The molecule has 1 N–H and O–H groups in total. The first-order chi connectivity index (χ1) is 13.0. The molecule has 0 saturated carbocycles. The lowest BCUT2D eigenvalue weighted by molar-refractivity contribution is -0.152. The molecule has 0 saturated heterocycles. The molecule has 1 heterocycles. The molecule has 0 aliphatic carbocycles. The van der Waals surface area contributed by atoms with Gasteiger partial charge in [0, 0.05) is 11.4 Å². The summed E-state index contributed by atoms with van der Waals surface area (Å²) in [6, 6.07) is 13.3. The van der Waals surface area contributed by atoms with Crippen molar-refractivity contribution in [2.24, 2.45) is 0 Å². The largest absolute Gasteiger partial charge is 0.454 e. The molecule has 0 bridgehead atoms. The van der Waals surface area contributed by atoms with Gasteiger partial charge in [0.1, 0.15) is 0 Å². The van der Waals surface area contributed by atoms with Crippen LogP contribution in [0.5, 0.6) is 11.5 Å². The van der Waals surface area contributed by atoms with Gasteiger partial charge in [0.05, 0.1) is 5.75 Å². The molecule has 0 aromatic heterocycles. The molecule has 0 radical (unpaired) electrons. The minimum absolute atomic E-state index is 0.157. The molecule has 2 aromatic rings. The Morgan fingerprint density at radius 2 is 1.96 bits per heavy atom. The Morgan fingerprint density at radius 3 is 2.78 bits per heavy atom. The Balaban J connectivity index is 1.43. The van der Waals surface area contributed by atoms with Crippen molar-refractivity contribution in [3.8, 4) is 11.5 Å². The number of hydrogen-bond acceptors (Lipinski definition) is 6. The lowest BCUT2D eigenvalue weighted by Crippen LogP contribution is -2.35. The van der Waals surface area contributed by atoms with Gasteiger partial charge in [-0.25, -0.2) is 0 Å². The van der Waals surface area contributed by atoms with Gasteiger partial charge in [-0.3, -0.25) is 9.59 Å². The van der Waals surface area contributed by atoms with Gasteiger partial charge in [0.2, 0.25) is 6.79 Å². The second-order valence-electron chi connectivity index (χ2n) is 6.09. The summed E-state index contributed by atoms with van der Waals surface area (Å²) in [4.78, 5) is 25.2. The summed E-state index contributed by atoms with van der Waals surface area (Å²) in [6.45, 7) is 4.07. The summed E-state index contributed by atoms with van der Waals surface area (Å²) in [6.07, 6.45) is -0.857. The summed E-state index contributed by atoms with van der Waals surface area (Å²) >= 11 is 1.40. The van der Waals surface area contributed by atoms with Gasteiger partial charge in [-0.15, -0.1) is 11.8 Å². The van der Waals surface area contributed by atoms with Crippen molar-refractivity contribution in [2.75, 3.05) is 12.5 Å². The first-order valence-electron chi connectivity index (χ1n) is 8.57. The minimum Gasteiger partial charge on any atom is -0.454 e.